The molecule has 14 heteroatoms. The fraction of sp³-hybridized carbons (Fsp3) is 0.521. The molecule has 2 aromatic heterocycles. The average Bonchev–Trinajstić information content (AvgIpc) is 4.11. The van der Waals surface area contributed by atoms with Crippen LogP contribution in [0.25, 0.3) is 44.3 Å². The number of piperidine rings is 1. The first-order valence-corrected chi connectivity index (χ1v) is 22.6. The Morgan fingerprint density at radius 2 is 1.29 bits per heavy atom. The van der Waals surface area contributed by atoms with E-state index in [9.17, 15) is 14.4 Å². The van der Waals surface area contributed by atoms with Crippen LogP contribution in [0.2, 0.25) is 0 Å². The Labute approximate surface area is 363 Å². The summed E-state index contributed by atoms with van der Waals surface area (Å²) < 4.78 is 9.75. The second kappa shape index (κ2) is 17.0. The lowest BCUT2D eigenvalue weighted by Gasteiger charge is -2.30. The Bertz CT molecular complexity index is 2490. The minimum Gasteiger partial charge on any atom is -0.453 e. The molecule has 14 nitrogen and oxygen atoms in total. The normalized spacial score (nSPS) is 23.3. The number of imidazole rings is 2. The maximum Gasteiger partial charge on any atom is 0.407 e. The molecule has 0 aliphatic carbocycles. The van der Waals surface area contributed by atoms with Crippen molar-refractivity contribution in [1.29, 1.82) is 0 Å². The molecule has 3 saturated heterocycles. The van der Waals surface area contributed by atoms with Crippen LogP contribution in [-0.4, -0.2) is 93.8 Å². The van der Waals surface area contributed by atoms with Crippen LogP contribution in [0.15, 0.2) is 48.5 Å². The summed E-state index contributed by atoms with van der Waals surface area (Å²) in [6.07, 6.45) is 4.90. The molecule has 3 aromatic carbocycles. The van der Waals surface area contributed by atoms with Gasteiger partial charge in [-0.05, 0) is 120 Å². The number of alkyl carbamates (subject to hydrolysis) is 2. The topological polar surface area (TPSA) is 170 Å². The van der Waals surface area contributed by atoms with Gasteiger partial charge in [-0.25, -0.2) is 19.6 Å². The largest absolute Gasteiger partial charge is 0.453 e. The van der Waals surface area contributed by atoms with E-state index in [-0.39, 0.29) is 48.0 Å². The van der Waals surface area contributed by atoms with Gasteiger partial charge in [-0.1, -0.05) is 58.9 Å². The highest BCUT2D eigenvalue weighted by Gasteiger charge is 2.41. The Morgan fingerprint density at radius 3 is 1.85 bits per heavy atom. The van der Waals surface area contributed by atoms with Gasteiger partial charge < -0.3 is 40.3 Å². The van der Waals surface area contributed by atoms with Gasteiger partial charge in [-0.3, -0.25) is 9.69 Å². The van der Waals surface area contributed by atoms with Crippen LogP contribution in [0.3, 0.4) is 0 Å². The number of aromatic amines is 2. The summed E-state index contributed by atoms with van der Waals surface area (Å²) >= 11 is 0. The Balaban J connectivity index is 1.01. The predicted molar refractivity (Wildman–Crippen MR) is 239 cm³/mol. The van der Waals surface area contributed by atoms with E-state index in [0.29, 0.717) is 12.5 Å². The SMILES string of the molecule is COC(=O)NC(CN1CCCC1c1nc2ccc(-c3ccc(-c4ccc5nc(C6CCCN6C(=O)C(NC(=O)OC)C(C)C)[nH]c5c4)c4c3C3CC(C)CC4N3)cc2[nH]1)C(C)C. The van der Waals surface area contributed by atoms with Crippen molar-refractivity contribution in [3.63, 3.8) is 0 Å². The van der Waals surface area contributed by atoms with Crippen LogP contribution < -0.4 is 16.0 Å². The number of carbonyl (C=O) groups is 3. The number of rotatable bonds is 11. The van der Waals surface area contributed by atoms with Gasteiger partial charge in [0, 0.05) is 31.2 Å². The zero-order valence-electron chi connectivity index (χ0n) is 37.0. The number of nitrogens with zero attached hydrogens (tertiary/aromatic N) is 4. The van der Waals surface area contributed by atoms with E-state index >= 15 is 0 Å². The molecule has 4 aliphatic rings. The molecule has 5 aromatic rings. The van der Waals surface area contributed by atoms with Crippen LogP contribution >= 0.6 is 0 Å². The predicted octanol–water partition coefficient (Wildman–Crippen LogP) is 8.45. The highest BCUT2D eigenvalue weighted by atomic mass is 16.5. The highest BCUT2D eigenvalue weighted by molar-refractivity contribution is 5.89. The molecule has 6 heterocycles. The van der Waals surface area contributed by atoms with Gasteiger partial charge in [0.2, 0.25) is 5.91 Å². The van der Waals surface area contributed by atoms with E-state index in [0.717, 1.165) is 90.9 Å². The first kappa shape index (κ1) is 41.9. The molecule has 0 saturated carbocycles. The summed E-state index contributed by atoms with van der Waals surface area (Å²) in [7, 11) is 2.72. The van der Waals surface area contributed by atoms with Gasteiger partial charge in [-0.15, -0.1) is 0 Å². The van der Waals surface area contributed by atoms with Crippen molar-refractivity contribution < 1.29 is 23.9 Å². The number of benzene rings is 3. The van der Waals surface area contributed by atoms with Crippen LogP contribution in [0.4, 0.5) is 9.59 Å². The second-order valence-electron chi connectivity index (χ2n) is 18.7. The minimum absolute atomic E-state index is 0.0271. The van der Waals surface area contributed by atoms with E-state index in [2.05, 4.69) is 100 Å². The van der Waals surface area contributed by atoms with Crippen molar-refractivity contribution >= 4 is 40.2 Å². The van der Waals surface area contributed by atoms with E-state index in [1.807, 2.05) is 18.7 Å². The summed E-state index contributed by atoms with van der Waals surface area (Å²) in [5, 5.41) is 9.79. The van der Waals surface area contributed by atoms with E-state index in [4.69, 9.17) is 19.4 Å². The van der Waals surface area contributed by atoms with Gasteiger partial charge in [-0.2, -0.15) is 0 Å². The Hall–Kier alpha value is -5.47. The first-order chi connectivity index (χ1) is 29.9. The molecular formula is C48H61N9O5. The second-order valence-corrected chi connectivity index (χ2v) is 18.7. The summed E-state index contributed by atoms with van der Waals surface area (Å²) in [5.74, 6) is 2.37. The number of nitrogens with one attached hydrogen (secondary N) is 5. The van der Waals surface area contributed by atoms with Crippen molar-refractivity contribution in [2.45, 2.75) is 109 Å². The lowest BCUT2D eigenvalue weighted by molar-refractivity contribution is -0.135. The van der Waals surface area contributed by atoms with Crippen molar-refractivity contribution in [2.24, 2.45) is 17.8 Å². The maximum absolute atomic E-state index is 13.8. The number of carbonyl (C=O) groups excluding carboxylic acids is 3. The smallest absolute Gasteiger partial charge is 0.407 e. The van der Waals surface area contributed by atoms with Gasteiger partial charge in [0.15, 0.2) is 0 Å². The number of methoxy groups -OCH3 is 2. The average molecular weight is 844 g/mol. The van der Waals surface area contributed by atoms with Crippen LogP contribution in [0.5, 0.6) is 0 Å². The fourth-order valence-electron chi connectivity index (χ4n) is 10.7. The number of ether oxygens (including phenoxy) is 2. The molecule has 4 aliphatic heterocycles. The molecule has 62 heavy (non-hydrogen) atoms. The molecule has 7 unspecified atom stereocenters. The number of hydrogen-bond acceptors (Lipinski definition) is 9. The Morgan fingerprint density at radius 1 is 0.742 bits per heavy atom. The highest BCUT2D eigenvalue weighted by Crippen LogP contribution is 2.52. The van der Waals surface area contributed by atoms with E-state index in [1.165, 1.54) is 42.0 Å². The van der Waals surface area contributed by atoms with Crippen molar-refractivity contribution in [2.75, 3.05) is 33.9 Å². The van der Waals surface area contributed by atoms with Gasteiger partial charge in [0.1, 0.15) is 17.7 Å². The van der Waals surface area contributed by atoms with E-state index in [1.54, 1.807) is 0 Å². The van der Waals surface area contributed by atoms with Gasteiger partial charge in [0.05, 0.1) is 48.4 Å². The monoisotopic (exact) mass is 843 g/mol. The molecule has 0 radical (unpaired) electrons. The third-order valence-corrected chi connectivity index (χ3v) is 13.9. The van der Waals surface area contributed by atoms with E-state index < -0.39 is 18.2 Å². The first-order valence-electron chi connectivity index (χ1n) is 22.6. The zero-order chi connectivity index (χ0) is 43.4. The van der Waals surface area contributed by atoms with Crippen molar-refractivity contribution in [3.05, 3.63) is 71.3 Å². The molecule has 3 amide bonds. The van der Waals surface area contributed by atoms with Gasteiger partial charge >= 0.3 is 12.2 Å². The molecule has 9 rings (SSSR count). The van der Waals surface area contributed by atoms with Crippen molar-refractivity contribution in [1.82, 2.24) is 45.7 Å². The number of H-pyrrole nitrogens is 2. The fourth-order valence-corrected chi connectivity index (χ4v) is 10.7. The molecule has 3 fully saturated rings. The summed E-state index contributed by atoms with van der Waals surface area (Å²) in [6, 6.07) is 17.5. The summed E-state index contributed by atoms with van der Waals surface area (Å²) in [6.45, 7) is 12.8. The van der Waals surface area contributed by atoms with Crippen molar-refractivity contribution in [3.8, 4) is 22.3 Å². The molecule has 0 spiro atoms. The Kier molecular flexibility index (Phi) is 11.5. The number of aromatic nitrogens is 4. The molecule has 328 valence electrons. The third-order valence-electron chi connectivity index (χ3n) is 13.9. The summed E-state index contributed by atoms with van der Waals surface area (Å²) in [5.41, 5.74) is 11.3. The minimum atomic E-state index is -0.686. The quantitative estimate of drug-likeness (QED) is 0.0876. The molecule has 2 bridgehead atoms. The zero-order valence-corrected chi connectivity index (χ0v) is 37.0. The van der Waals surface area contributed by atoms with Crippen LogP contribution in [0, 0.1) is 17.8 Å². The lowest BCUT2D eigenvalue weighted by atomic mass is 9.86. The number of likely N-dealkylation sites (tertiary alicyclic amines) is 2. The maximum atomic E-state index is 13.8. The standard InChI is InChI=1S/C48H61N9O5/c1-25(2)38(54-47(59)61-6)24-56-18-8-10-39(56)44-50-32-16-12-28(22-34(32)52-44)30-14-15-31(42-37-21-27(5)20-36(49-37)41(30)42)29-13-17-33-35(23-29)53-45(51-33)40-11-9-19-57(40)46(58)43(26(3)4)55-48(60)62-7/h12-17,22-23,25-27,36-40,43,49H,8-11,18-21,24H2,1-7H3,(H,50,52)(H,51,53)(H,54,59)(H,55,60). The van der Waals surface area contributed by atoms with Crippen LogP contribution in [-0.2, 0) is 14.3 Å². The molecule has 7 atom stereocenters. The number of amides is 3. The molecular weight excluding hydrogens is 783 g/mol. The number of fused-ring (bicyclic) bond motifs is 7. The lowest BCUT2D eigenvalue weighted by Crippen LogP contribution is -2.51. The van der Waals surface area contributed by atoms with Crippen LogP contribution in [0.1, 0.15) is 120 Å². The summed E-state index contributed by atoms with van der Waals surface area (Å²) in [4.78, 5) is 59.9. The van der Waals surface area contributed by atoms with Gasteiger partial charge in [0.25, 0.3) is 0 Å². The molecule has 5 N–H and O–H groups in total. The number of hydrogen-bond donors (Lipinski definition) is 5. The third kappa shape index (κ3) is 7.80.